The molecule has 0 fully saturated rings. The fourth-order valence-electron chi connectivity index (χ4n) is 1.38. The third-order valence-electron chi connectivity index (χ3n) is 2.25. The molecule has 0 amide bonds. The molecule has 1 atom stereocenters. The standard InChI is InChI=1S/C12H16N2O/c1-9-4-3-5-10(2)12(9)15-7-6-11(14)8-13/h3-5,11H,6-7,14H2,1-2H3. The summed E-state index contributed by atoms with van der Waals surface area (Å²) in [6.07, 6.45) is 0.560. The molecule has 0 heterocycles. The predicted octanol–water partition coefficient (Wildman–Crippen LogP) is 1.92. The van der Waals surface area contributed by atoms with Crippen LogP contribution in [0.15, 0.2) is 18.2 Å². The van der Waals surface area contributed by atoms with E-state index in [9.17, 15) is 0 Å². The second kappa shape index (κ2) is 5.38. The minimum absolute atomic E-state index is 0.436. The number of ether oxygens (including phenoxy) is 1. The first-order valence-electron chi connectivity index (χ1n) is 4.99. The Morgan fingerprint density at radius 1 is 1.40 bits per heavy atom. The number of hydrogen-bond donors (Lipinski definition) is 1. The summed E-state index contributed by atoms with van der Waals surface area (Å²) >= 11 is 0. The van der Waals surface area contributed by atoms with Crippen LogP contribution in [0.4, 0.5) is 0 Å². The fraction of sp³-hybridized carbons (Fsp3) is 0.417. The average Bonchev–Trinajstić information content (AvgIpc) is 2.22. The van der Waals surface area contributed by atoms with Gasteiger partial charge >= 0.3 is 0 Å². The molecule has 0 aliphatic carbocycles. The number of benzene rings is 1. The van der Waals surface area contributed by atoms with E-state index in [-0.39, 0.29) is 0 Å². The quantitative estimate of drug-likeness (QED) is 0.815. The van der Waals surface area contributed by atoms with Gasteiger partial charge in [0.15, 0.2) is 0 Å². The smallest absolute Gasteiger partial charge is 0.125 e. The summed E-state index contributed by atoms with van der Waals surface area (Å²) in [5.74, 6) is 0.905. The first-order valence-corrected chi connectivity index (χ1v) is 4.99. The van der Waals surface area contributed by atoms with E-state index in [2.05, 4.69) is 0 Å². The highest BCUT2D eigenvalue weighted by atomic mass is 16.5. The molecule has 80 valence electrons. The SMILES string of the molecule is Cc1cccc(C)c1OCCC(N)C#N. The maximum absolute atomic E-state index is 8.51. The Morgan fingerprint density at radius 2 is 2.00 bits per heavy atom. The van der Waals surface area contributed by atoms with E-state index in [0.29, 0.717) is 13.0 Å². The van der Waals surface area contributed by atoms with Crippen molar-refractivity contribution in [3.05, 3.63) is 29.3 Å². The topological polar surface area (TPSA) is 59.0 Å². The van der Waals surface area contributed by atoms with Crippen LogP contribution in [-0.2, 0) is 0 Å². The van der Waals surface area contributed by atoms with Crippen LogP contribution in [0.25, 0.3) is 0 Å². The normalized spacial score (nSPS) is 11.9. The van der Waals surface area contributed by atoms with Gasteiger partial charge in [-0.25, -0.2) is 0 Å². The van der Waals surface area contributed by atoms with Crippen molar-refractivity contribution in [1.29, 1.82) is 5.26 Å². The summed E-state index contributed by atoms with van der Waals surface area (Å²) in [5.41, 5.74) is 7.70. The van der Waals surface area contributed by atoms with Crippen molar-refractivity contribution in [3.8, 4) is 11.8 Å². The van der Waals surface area contributed by atoms with Crippen molar-refractivity contribution in [1.82, 2.24) is 0 Å². The van der Waals surface area contributed by atoms with Gasteiger partial charge in [-0.3, -0.25) is 0 Å². The summed E-state index contributed by atoms with van der Waals surface area (Å²) in [7, 11) is 0. The Morgan fingerprint density at radius 3 is 2.53 bits per heavy atom. The van der Waals surface area contributed by atoms with E-state index in [1.165, 1.54) is 0 Å². The van der Waals surface area contributed by atoms with Crippen molar-refractivity contribution >= 4 is 0 Å². The third-order valence-corrected chi connectivity index (χ3v) is 2.25. The van der Waals surface area contributed by atoms with Crippen molar-refractivity contribution < 1.29 is 4.74 Å². The number of nitrogens with two attached hydrogens (primary N) is 1. The second-order valence-electron chi connectivity index (χ2n) is 3.59. The van der Waals surface area contributed by atoms with Gasteiger partial charge in [0.25, 0.3) is 0 Å². The molecule has 0 bridgehead atoms. The van der Waals surface area contributed by atoms with Crippen LogP contribution in [0.5, 0.6) is 5.75 Å². The zero-order valence-corrected chi connectivity index (χ0v) is 9.16. The van der Waals surface area contributed by atoms with Gasteiger partial charge in [-0.1, -0.05) is 18.2 Å². The van der Waals surface area contributed by atoms with Crippen LogP contribution in [0.1, 0.15) is 17.5 Å². The minimum atomic E-state index is -0.436. The molecule has 1 unspecified atom stereocenters. The molecular formula is C12H16N2O. The van der Waals surface area contributed by atoms with E-state index in [0.717, 1.165) is 16.9 Å². The van der Waals surface area contributed by atoms with Gasteiger partial charge in [0.05, 0.1) is 18.7 Å². The van der Waals surface area contributed by atoms with Crippen molar-refractivity contribution in [2.75, 3.05) is 6.61 Å². The lowest BCUT2D eigenvalue weighted by atomic mass is 10.1. The van der Waals surface area contributed by atoms with Gasteiger partial charge in [-0.2, -0.15) is 5.26 Å². The maximum atomic E-state index is 8.51. The third kappa shape index (κ3) is 3.26. The van der Waals surface area contributed by atoms with Crippen LogP contribution < -0.4 is 10.5 Å². The van der Waals surface area contributed by atoms with Gasteiger partial charge in [0.1, 0.15) is 5.75 Å². The number of hydrogen-bond acceptors (Lipinski definition) is 3. The van der Waals surface area contributed by atoms with Crippen LogP contribution in [0.3, 0.4) is 0 Å². The summed E-state index contributed by atoms with van der Waals surface area (Å²) in [5, 5.41) is 8.51. The van der Waals surface area contributed by atoms with Crippen LogP contribution in [0, 0.1) is 25.2 Å². The zero-order chi connectivity index (χ0) is 11.3. The molecule has 0 radical (unpaired) electrons. The lowest BCUT2D eigenvalue weighted by Crippen LogP contribution is -2.20. The Kier molecular flexibility index (Phi) is 4.14. The van der Waals surface area contributed by atoms with E-state index < -0.39 is 6.04 Å². The van der Waals surface area contributed by atoms with Crippen molar-refractivity contribution in [2.45, 2.75) is 26.3 Å². The lowest BCUT2D eigenvalue weighted by Gasteiger charge is -2.12. The molecular weight excluding hydrogens is 188 g/mol. The van der Waals surface area contributed by atoms with Gasteiger partial charge in [0.2, 0.25) is 0 Å². The van der Waals surface area contributed by atoms with E-state index in [1.54, 1.807) is 0 Å². The zero-order valence-electron chi connectivity index (χ0n) is 9.16. The van der Waals surface area contributed by atoms with Crippen LogP contribution >= 0.6 is 0 Å². The molecule has 0 saturated carbocycles. The highest BCUT2D eigenvalue weighted by molar-refractivity contribution is 5.39. The number of para-hydroxylation sites is 1. The second-order valence-corrected chi connectivity index (χ2v) is 3.59. The Hall–Kier alpha value is -1.53. The summed E-state index contributed by atoms with van der Waals surface area (Å²) in [6.45, 7) is 4.50. The highest BCUT2D eigenvalue weighted by Crippen LogP contribution is 2.22. The number of rotatable bonds is 4. The number of nitrogens with zero attached hydrogens (tertiary/aromatic N) is 1. The molecule has 0 spiro atoms. The van der Waals surface area contributed by atoms with E-state index >= 15 is 0 Å². The fourth-order valence-corrected chi connectivity index (χ4v) is 1.38. The highest BCUT2D eigenvalue weighted by Gasteiger charge is 2.04. The molecule has 2 N–H and O–H groups in total. The molecule has 1 aromatic carbocycles. The first kappa shape index (κ1) is 11.5. The number of aryl methyl sites for hydroxylation is 2. The Bertz CT molecular complexity index is 348. The predicted molar refractivity (Wildman–Crippen MR) is 59.6 cm³/mol. The van der Waals surface area contributed by atoms with Gasteiger partial charge in [-0.15, -0.1) is 0 Å². The molecule has 3 heteroatoms. The molecule has 3 nitrogen and oxygen atoms in total. The lowest BCUT2D eigenvalue weighted by molar-refractivity contribution is 0.302. The molecule has 1 aromatic rings. The average molecular weight is 204 g/mol. The molecule has 0 aliphatic rings. The van der Waals surface area contributed by atoms with Gasteiger partial charge in [-0.05, 0) is 25.0 Å². The van der Waals surface area contributed by atoms with Crippen LogP contribution in [0.2, 0.25) is 0 Å². The summed E-state index contributed by atoms with van der Waals surface area (Å²) in [6, 6.07) is 7.55. The molecule has 15 heavy (non-hydrogen) atoms. The Balaban J connectivity index is 2.55. The largest absolute Gasteiger partial charge is 0.493 e. The molecule has 1 rings (SSSR count). The first-order chi connectivity index (χ1) is 7.15. The van der Waals surface area contributed by atoms with Gasteiger partial charge < -0.3 is 10.5 Å². The van der Waals surface area contributed by atoms with Crippen molar-refractivity contribution in [3.63, 3.8) is 0 Å². The number of nitriles is 1. The summed E-state index contributed by atoms with van der Waals surface area (Å²) < 4.78 is 5.61. The van der Waals surface area contributed by atoms with Crippen LogP contribution in [-0.4, -0.2) is 12.6 Å². The molecule has 0 aromatic heterocycles. The summed E-state index contributed by atoms with van der Waals surface area (Å²) in [4.78, 5) is 0. The van der Waals surface area contributed by atoms with Gasteiger partial charge in [0, 0.05) is 6.42 Å². The monoisotopic (exact) mass is 204 g/mol. The van der Waals surface area contributed by atoms with E-state index in [1.807, 2.05) is 38.1 Å². The Labute approximate surface area is 90.5 Å². The van der Waals surface area contributed by atoms with Crippen molar-refractivity contribution in [2.24, 2.45) is 5.73 Å². The molecule has 0 saturated heterocycles. The minimum Gasteiger partial charge on any atom is -0.493 e. The molecule has 0 aliphatic heterocycles. The maximum Gasteiger partial charge on any atom is 0.125 e. The van der Waals surface area contributed by atoms with E-state index in [4.69, 9.17) is 15.7 Å².